The minimum absolute atomic E-state index is 0.0824. The normalized spacial score (nSPS) is 14.4. The number of benzene rings is 2. The molecule has 0 saturated heterocycles. The van der Waals surface area contributed by atoms with Gasteiger partial charge >= 0.3 is 0 Å². The van der Waals surface area contributed by atoms with Gasteiger partial charge in [0.2, 0.25) is 5.91 Å². The van der Waals surface area contributed by atoms with E-state index in [1.807, 2.05) is 86.8 Å². The molecule has 1 aliphatic rings. The number of nitrogens with zero attached hydrogens (tertiary/aromatic N) is 3. The van der Waals surface area contributed by atoms with Crippen molar-refractivity contribution in [3.05, 3.63) is 103 Å². The Morgan fingerprint density at radius 1 is 0.943 bits per heavy atom. The minimum Gasteiger partial charge on any atom is -0.484 e. The third kappa shape index (κ3) is 4.33. The van der Waals surface area contributed by atoms with Gasteiger partial charge in [0.1, 0.15) is 24.1 Å². The van der Waals surface area contributed by atoms with Gasteiger partial charge in [0.05, 0.1) is 23.3 Å². The lowest BCUT2D eigenvalue weighted by Crippen LogP contribution is -2.49. The van der Waals surface area contributed by atoms with Gasteiger partial charge in [-0.3, -0.25) is 14.5 Å². The van der Waals surface area contributed by atoms with Crippen molar-refractivity contribution in [3.63, 3.8) is 0 Å². The van der Waals surface area contributed by atoms with E-state index < -0.39 is 6.04 Å². The van der Waals surface area contributed by atoms with Crippen LogP contribution in [0.25, 0.3) is 5.69 Å². The van der Waals surface area contributed by atoms with Gasteiger partial charge in [0.25, 0.3) is 5.91 Å². The van der Waals surface area contributed by atoms with Crippen molar-refractivity contribution < 1.29 is 18.7 Å². The molecule has 0 bridgehead atoms. The Kier molecular flexibility index (Phi) is 6.14. The van der Waals surface area contributed by atoms with E-state index in [-0.39, 0.29) is 31.0 Å². The number of hydrogen-bond donors (Lipinski definition) is 0. The molecule has 0 saturated carbocycles. The quantitative estimate of drug-likeness (QED) is 0.389. The number of carbonyl (C=O) groups is 2. The van der Waals surface area contributed by atoms with E-state index >= 15 is 0 Å². The van der Waals surface area contributed by atoms with Gasteiger partial charge in [-0.25, -0.2) is 0 Å². The summed E-state index contributed by atoms with van der Waals surface area (Å²) in [5.41, 5.74) is 2.58. The number of rotatable bonds is 7. The number of fused-ring (bicyclic) bond motifs is 3. The van der Waals surface area contributed by atoms with Crippen LogP contribution in [-0.2, 0) is 9.59 Å². The van der Waals surface area contributed by atoms with Crippen molar-refractivity contribution in [2.75, 3.05) is 18.1 Å². The van der Waals surface area contributed by atoms with Gasteiger partial charge in [-0.1, -0.05) is 30.3 Å². The van der Waals surface area contributed by atoms with E-state index in [4.69, 9.17) is 9.15 Å². The van der Waals surface area contributed by atoms with E-state index in [1.54, 1.807) is 28.2 Å². The smallest absolute Gasteiger partial charge is 0.261 e. The highest BCUT2D eigenvalue weighted by molar-refractivity contribution is 6.00. The van der Waals surface area contributed by atoms with Crippen molar-refractivity contribution >= 4 is 17.5 Å². The van der Waals surface area contributed by atoms with Crippen LogP contribution in [0.2, 0.25) is 0 Å². The van der Waals surface area contributed by atoms with Crippen LogP contribution in [0, 0.1) is 0 Å². The van der Waals surface area contributed by atoms with Crippen molar-refractivity contribution in [3.8, 4) is 11.4 Å². The number of anilines is 1. The topological polar surface area (TPSA) is 67.9 Å². The van der Waals surface area contributed by atoms with Crippen LogP contribution in [0.4, 0.5) is 5.69 Å². The highest BCUT2D eigenvalue weighted by Gasteiger charge is 2.38. The highest BCUT2D eigenvalue weighted by atomic mass is 16.5. The molecule has 0 spiro atoms. The Labute approximate surface area is 204 Å². The number of aromatic nitrogens is 1. The zero-order valence-corrected chi connectivity index (χ0v) is 19.7. The maximum absolute atomic E-state index is 13.9. The number of ether oxygens (including phenoxy) is 1. The molecular formula is C28H27N3O4. The Bertz CT molecular complexity index is 1310. The number of para-hydroxylation sites is 3. The summed E-state index contributed by atoms with van der Waals surface area (Å²) in [6.07, 6.45) is 3.59. The van der Waals surface area contributed by atoms with Crippen LogP contribution in [0.3, 0.4) is 0 Å². The van der Waals surface area contributed by atoms with Gasteiger partial charge < -0.3 is 18.6 Å². The third-order valence-electron chi connectivity index (χ3n) is 6.16. The predicted octanol–water partition coefficient (Wildman–Crippen LogP) is 4.82. The van der Waals surface area contributed by atoms with Crippen LogP contribution in [0.1, 0.15) is 31.3 Å². The molecule has 1 aliphatic heterocycles. The zero-order chi connectivity index (χ0) is 24.4. The summed E-state index contributed by atoms with van der Waals surface area (Å²) in [4.78, 5) is 30.3. The summed E-state index contributed by atoms with van der Waals surface area (Å²) in [5.74, 6) is 0.815. The van der Waals surface area contributed by atoms with Crippen molar-refractivity contribution in [2.24, 2.45) is 0 Å². The molecule has 7 nitrogen and oxygen atoms in total. The fourth-order valence-electron chi connectivity index (χ4n) is 4.50. The standard InChI is InChI=1S/C28H27N3O4/c1-20(2)30(27(33)19-35-21-10-4-3-5-11-21)18-26(32)31-23-13-7-6-12-22(23)29-16-8-14-24(29)28(31)25-15-9-17-34-25/h3-17,20,28H,18-19H2,1-2H3. The molecule has 1 atom stereocenters. The average molecular weight is 470 g/mol. The number of hydrogen-bond acceptors (Lipinski definition) is 4. The van der Waals surface area contributed by atoms with E-state index in [2.05, 4.69) is 4.57 Å². The number of carbonyl (C=O) groups excluding carboxylic acids is 2. The van der Waals surface area contributed by atoms with Crippen LogP contribution in [0.5, 0.6) is 5.75 Å². The molecule has 1 unspecified atom stereocenters. The van der Waals surface area contributed by atoms with Crippen molar-refractivity contribution in [1.82, 2.24) is 9.47 Å². The maximum Gasteiger partial charge on any atom is 0.261 e. The molecule has 4 aromatic rings. The molecule has 3 heterocycles. The third-order valence-corrected chi connectivity index (χ3v) is 6.16. The lowest BCUT2D eigenvalue weighted by Gasteiger charge is -2.38. The molecule has 0 aliphatic carbocycles. The fourth-order valence-corrected chi connectivity index (χ4v) is 4.50. The average Bonchev–Trinajstić information content (AvgIpc) is 3.58. The second-order valence-corrected chi connectivity index (χ2v) is 8.69. The Hall–Kier alpha value is -4.26. The van der Waals surface area contributed by atoms with Crippen LogP contribution < -0.4 is 9.64 Å². The molecule has 7 heteroatoms. The Morgan fingerprint density at radius 3 is 2.40 bits per heavy atom. The molecule has 2 aromatic carbocycles. The second-order valence-electron chi connectivity index (χ2n) is 8.69. The van der Waals surface area contributed by atoms with E-state index in [9.17, 15) is 9.59 Å². The van der Waals surface area contributed by atoms with Gasteiger partial charge in [-0.15, -0.1) is 0 Å². The summed E-state index contributed by atoms with van der Waals surface area (Å²) in [6.45, 7) is 3.57. The fraction of sp³-hybridized carbons (Fsp3) is 0.214. The molecule has 0 radical (unpaired) electrons. The molecule has 5 rings (SSSR count). The second kappa shape index (κ2) is 9.54. The van der Waals surface area contributed by atoms with Gasteiger partial charge in [-0.05, 0) is 62.4 Å². The van der Waals surface area contributed by atoms with Crippen LogP contribution in [-0.4, -0.2) is 40.5 Å². The summed E-state index contributed by atoms with van der Waals surface area (Å²) in [7, 11) is 0. The van der Waals surface area contributed by atoms with Crippen LogP contribution in [0.15, 0.2) is 95.7 Å². The molecule has 2 amide bonds. The van der Waals surface area contributed by atoms with Crippen LogP contribution >= 0.6 is 0 Å². The summed E-state index contributed by atoms with van der Waals surface area (Å²) < 4.78 is 13.5. The first kappa shape index (κ1) is 22.5. The van der Waals surface area contributed by atoms with Gasteiger partial charge in [0.15, 0.2) is 6.61 Å². The van der Waals surface area contributed by atoms with Crippen molar-refractivity contribution in [2.45, 2.75) is 25.9 Å². The first-order valence-electron chi connectivity index (χ1n) is 11.6. The summed E-state index contributed by atoms with van der Waals surface area (Å²) >= 11 is 0. The largest absolute Gasteiger partial charge is 0.484 e. The monoisotopic (exact) mass is 469 g/mol. The van der Waals surface area contributed by atoms with Gasteiger partial charge in [0, 0.05) is 12.2 Å². The minimum atomic E-state index is -0.452. The van der Waals surface area contributed by atoms with Crippen molar-refractivity contribution in [1.29, 1.82) is 0 Å². The Morgan fingerprint density at radius 2 is 1.69 bits per heavy atom. The van der Waals surface area contributed by atoms with E-state index in [0.717, 1.165) is 17.1 Å². The lowest BCUT2D eigenvalue weighted by atomic mass is 10.0. The number of amides is 2. The molecule has 0 N–H and O–H groups in total. The maximum atomic E-state index is 13.9. The van der Waals surface area contributed by atoms with Gasteiger partial charge in [-0.2, -0.15) is 0 Å². The first-order valence-corrected chi connectivity index (χ1v) is 11.6. The SMILES string of the molecule is CC(C)N(CC(=O)N1c2ccccc2-n2cccc2C1c1ccco1)C(=O)COc1ccccc1. The molecule has 178 valence electrons. The molecule has 2 aromatic heterocycles. The molecule has 35 heavy (non-hydrogen) atoms. The Balaban J connectivity index is 1.45. The summed E-state index contributed by atoms with van der Waals surface area (Å²) in [6, 6.07) is 23.9. The molecule has 0 fully saturated rings. The van der Waals surface area contributed by atoms with E-state index in [1.165, 1.54) is 0 Å². The highest BCUT2D eigenvalue weighted by Crippen LogP contribution is 2.42. The zero-order valence-electron chi connectivity index (χ0n) is 19.7. The molecular weight excluding hydrogens is 442 g/mol. The lowest BCUT2D eigenvalue weighted by molar-refractivity contribution is -0.138. The predicted molar refractivity (Wildman–Crippen MR) is 133 cm³/mol. The first-order chi connectivity index (χ1) is 17.0. The number of furan rings is 1. The van der Waals surface area contributed by atoms with E-state index in [0.29, 0.717) is 11.5 Å². The summed E-state index contributed by atoms with van der Waals surface area (Å²) in [5, 5.41) is 0.